The molecule has 3 aliphatic rings. The number of halogens is 4. The Hall–Kier alpha value is -4.72. The summed E-state index contributed by atoms with van der Waals surface area (Å²) < 4.78 is 47.0. The number of rotatable bonds is 6. The van der Waals surface area contributed by atoms with Gasteiger partial charge in [0.05, 0.1) is 16.3 Å². The Bertz CT molecular complexity index is 1660. The fraction of sp³-hybridized carbons (Fsp3) is 0.394. The van der Waals surface area contributed by atoms with Gasteiger partial charge in [-0.1, -0.05) is 29.8 Å². The number of hydrogen-bond acceptors (Lipinski definition) is 7. The Labute approximate surface area is 280 Å². The summed E-state index contributed by atoms with van der Waals surface area (Å²) in [6.45, 7) is 2.63. The first-order chi connectivity index (χ1) is 23.0. The molecule has 4 amide bonds. The van der Waals surface area contributed by atoms with E-state index >= 15 is 0 Å². The van der Waals surface area contributed by atoms with E-state index in [0.29, 0.717) is 45.6 Å². The lowest BCUT2D eigenvalue weighted by Crippen LogP contribution is -2.54. The molecule has 2 fully saturated rings. The molecule has 0 bridgehead atoms. The zero-order chi connectivity index (χ0) is 34.0. The number of anilines is 3. The number of nitrogens with zero attached hydrogens (tertiary/aromatic N) is 5. The van der Waals surface area contributed by atoms with E-state index in [-0.39, 0.29) is 42.2 Å². The third kappa shape index (κ3) is 7.23. The van der Waals surface area contributed by atoms with Crippen LogP contribution in [0.5, 0.6) is 0 Å². The molecule has 0 radical (unpaired) electrons. The van der Waals surface area contributed by atoms with Crippen molar-refractivity contribution in [1.29, 1.82) is 0 Å². The highest BCUT2D eigenvalue weighted by Gasteiger charge is 2.38. The number of carbonyl (C=O) groups is 3. The molecule has 2 aromatic carbocycles. The number of likely N-dealkylation sites (tertiary alicyclic amines) is 1. The smallest absolute Gasteiger partial charge is 0.418 e. The average Bonchev–Trinajstić information content (AvgIpc) is 3.09. The normalized spacial score (nSPS) is 17.9. The highest BCUT2D eigenvalue weighted by molar-refractivity contribution is 6.33. The maximum absolute atomic E-state index is 13.9. The minimum atomic E-state index is -4.78. The Kier molecular flexibility index (Phi) is 9.54. The molecular formula is C33H35ClF3N7O4. The molecule has 2 saturated heterocycles. The van der Waals surface area contributed by atoms with E-state index in [4.69, 9.17) is 22.1 Å². The van der Waals surface area contributed by atoms with Crippen LogP contribution in [0, 0.1) is 0 Å². The van der Waals surface area contributed by atoms with Gasteiger partial charge in [0.25, 0.3) is 5.91 Å². The molecule has 1 atom stereocenters. The van der Waals surface area contributed by atoms with E-state index in [9.17, 15) is 27.6 Å². The van der Waals surface area contributed by atoms with Crippen molar-refractivity contribution in [2.45, 2.75) is 44.1 Å². The van der Waals surface area contributed by atoms with Gasteiger partial charge in [0.15, 0.2) is 6.10 Å². The molecule has 11 nitrogen and oxygen atoms in total. The molecule has 6 rings (SSSR count). The Balaban J connectivity index is 1.14. The molecule has 0 aliphatic carbocycles. The monoisotopic (exact) mass is 685 g/mol. The van der Waals surface area contributed by atoms with Crippen molar-refractivity contribution in [1.82, 2.24) is 19.7 Å². The number of fused-ring (bicyclic) bond motifs is 1. The van der Waals surface area contributed by atoms with Crippen LogP contribution in [0.3, 0.4) is 0 Å². The summed E-state index contributed by atoms with van der Waals surface area (Å²) in [6.07, 6.45) is -2.94. The molecule has 1 aromatic heterocycles. The minimum Gasteiger partial charge on any atom is -0.436 e. The van der Waals surface area contributed by atoms with Crippen molar-refractivity contribution in [2.24, 2.45) is 0 Å². The third-order valence-corrected chi connectivity index (χ3v) is 9.39. The number of benzene rings is 2. The maximum Gasteiger partial charge on any atom is 0.418 e. The van der Waals surface area contributed by atoms with Gasteiger partial charge in [0.2, 0.25) is 0 Å². The summed E-state index contributed by atoms with van der Waals surface area (Å²) >= 11 is 6.08. The molecule has 15 heteroatoms. The highest BCUT2D eigenvalue weighted by Crippen LogP contribution is 2.38. The van der Waals surface area contributed by atoms with Gasteiger partial charge in [-0.05, 0) is 54.3 Å². The first kappa shape index (κ1) is 33.2. The minimum absolute atomic E-state index is 0.0539. The molecule has 3 aliphatic heterocycles. The van der Waals surface area contributed by atoms with Crippen molar-refractivity contribution in [3.8, 4) is 0 Å². The molecule has 0 unspecified atom stereocenters. The number of carbonyl (C=O) groups excluding carboxylic acids is 3. The van der Waals surface area contributed by atoms with Crippen LogP contribution in [0.25, 0.3) is 0 Å². The third-order valence-electron chi connectivity index (χ3n) is 9.08. The van der Waals surface area contributed by atoms with E-state index in [2.05, 4.69) is 15.2 Å². The van der Waals surface area contributed by atoms with E-state index in [1.54, 1.807) is 22.2 Å². The van der Waals surface area contributed by atoms with Crippen molar-refractivity contribution in [2.75, 3.05) is 55.2 Å². The quantitative estimate of drug-likeness (QED) is 0.340. The Morgan fingerprint density at radius 3 is 2.38 bits per heavy atom. The van der Waals surface area contributed by atoms with Crippen molar-refractivity contribution >= 4 is 46.7 Å². The molecule has 254 valence electrons. The lowest BCUT2D eigenvalue weighted by molar-refractivity contribution is -0.141. The predicted molar refractivity (Wildman–Crippen MR) is 173 cm³/mol. The summed E-state index contributed by atoms with van der Waals surface area (Å²) in [5.41, 5.74) is 6.66. The number of hydrogen-bond donors (Lipinski definition) is 2. The van der Waals surface area contributed by atoms with Gasteiger partial charge in [0.1, 0.15) is 0 Å². The molecular weight excluding hydrogens is 651 g/mol. The SMILES string of the molecule is Nc1c(Cl)cc(C[C@@H](OC(=O)N2CCC(N3Cc4ccccc4NC3=O)CC2)C(=O)N2CCN(c3ccncc3)CC2)cc1C(F)(F)F. The summed E-state index contributed by atoms with van der Waals surface area (Å²) in [7, 11) is 0. The van der Waals surface area contributed by atoms with Crippen LogP contribution in [-0.2, 0) is 28.7 Å². The van der Waals surface area contributed by atoms with Crippen molar-refractivity contribution in [3.63, 3.8) is 0 Å². The van der Waals surface area contributed by atoms with Gasteiger partial charge in [-0.15, -0.1) is 0 Å². The topological polar surface area (TPSA) is 124 Å². The standard InChI is InChI=1S/C33H35ClF3N7O4/c34-26-18-21(17-25(29(26)38)33(35,36)37)19-28(30(45)42-15-13-41(14-16-42)23-5-9-39-10-6-23)48-32(47)43-11-7-24(8-12-43)44-20-22-3-1-2-4-27(22)40-31(44)46/h1-6,9-10,17-18,24,28H,7-8,11-16,19-20,38H2,(H,40,46)/t28-/m1/s1. The Morgan fingerprint density at radius 2 is 1.69 bits per heavy atom. The van der Waals surface area contributed by atoms with E-state index in [0.717, 1.165) is 23.0 Å². The zero-order valence-corrected chi connectivity index (χ0v) is 26.7. The number of para-hydroxylation sites is 1. The van der Waals surface area contributed by atoms with Crippen molar-refractivity contribution < 1.29 is 32.3 Å². The molecule has 3 N–H and O–H groups in total. The number of amides is 4. The molecule has 4 heterocycles. The van der Waals surface area contributed by atoms with Crippen molar-refractivity contribution in [3.05, 3.63) is 82.6 Å². The maximum atomic E-state index is 13.9. The number of piperazine rings is 1. The number of alkyl halides is 3. The van der Waals surface area contributed by atoms with Gasteiger partial charge in [0, 0.05) is 82.0 Å². The van der Waals surface area contributed by atoms with Gasteiger partial charge in [-0.2, -0.15) is 13.2 Å². The number of piperidine rings is 1. The zero-order valence-electron chi connectivity index (χ0n) is 26.0. The fourth-order valence-electron chi connectivity index (χ4n) is 6.44. The van der Waals surface area contributed by atoms with Crippen LogP contribution in [0.2, 0.25) is 5.02 Å². The van der Waals surface area contributed by atoms with E-state index in [1.807, 2.05) is 36.4 Å². The molecule has 48 heavy (non-hydrogen) atoms. The van der Waals surface area contributed by atoms with E-state index < -0.39 is 35.5 Å². The van der Waals surface area contributed by atoms with Crippen LogP contribution < -0.4 is 16.0 Å². The second kappa shape index (κ2) is 13.8. The number of nitrogen functional groups attached to an aromatic ring is 1. The summed E-state index contributed by atoms with van der Waals surface area (Å²) in [5, 5.41) is 2.60. The summed E-state index contributed by atoms with van der Waals surface area (Å²) in [5.74, 6) is -0.516. The van der Waals surface area contributed by atoms with E-state index in [1.165, 1.54) is 11.0 Å². The number of urea groups is 1. The number of pyridine rings is 1. The van der Waals surface area contributed by atoms with Crippen LogP contribution in [-0.4, -0.2) is 89.1 Å². The van der Waals surface area contributed by atoms with Crippen LogP contribution >= 0.6 is 11.6 Å². The Morgan fingerprint density at radius 1 is 1.00 bits per heavy atom. The van der Waals surface area contributed by atoms with Gasteiger partial charge >= 0.3 is 18.3 Å². The second-order valence-corrected chi connectivity index (χ2v) is 12.5. The number of nitrogens with two attached hydrogens (primary N) is 1. The summed E-state index contributed by atoms with van der Waals surface area (Å²) in [6, 6.07) is 13.1. The first-order valence-electron chi connectivity index (χ1n) is 15.7. The van der Waals surface area contributed by atoms with Gasteiger partial charge in [-0.25, -0.2) is 9.59 Å². The molecule has 0 saturated carbocycles. The second-order valence-electron chi connectivity index (χ2n) is 12.1. The van der Waals surface area contributed by atoms with Crippen LogP contribution in [0.4, 0.5) is 39.8 Å². The fourth-order valence-corrected chi connectivity index (χ4v) is 6.68. The number of nitrogens with one attached hydrogen (secondary N) is 1. The van der Waals surface area contributed by atoms with Crippen LogP contribution in [0.15, 0.2) is 60.9 Å². The van der Waals surface area contributed by atoms with Gasteiger partial charge in [-0.3, -0.25) is 9.78 Å². The summed E-state index contributed by atoms with van der Waals surface area (Å²) in [4.78, 5) is 51.1. The highest BCUT2D eigenvalue weighted by atomic mass is 35.5. The average molecular weight is 686 g/mol. The lowest BCUT2D eigenvalue weighted by Gasteiger charge is -2.40. The predicted octanol–water partition coefficient (Wildman–Crippen LogP) is 5.24. The first-order valence-corrected chi connectivity index (χ1v) is 16.1. The van der Waals surface area contributed by atoms with Gasteiger partial charge < -0.3 is 35.4 Å². The largest absolute Gasteiger partial charge is 0.436 e. The number of ether oxygens (including phenoxy) is 1. The molecule has 3 aromatic rings. The van der Waals surface area contributed by atoms with Crippen LogP contribution in [0.1, 0.15) is 29.5 Å². The number of aromatic nitrogens is 1. The lowest BCUT2D eigenvalue weighted by atomic mass is 10.0. The molecule has 0 spiro atoms.